The molecule has 5 heteroatoms. The Hall–Kier alpha value is -1.26. The molecule has 0 aromatic rings. The number of aliphatic carboxylic acids is 1. The standard InChI is InChI=1S/C13H24N2O3/c1-3-10(2)11(12(16)17)14-13(18)15-8-6-4-5-7-9-15/h10-11H,3-9H2,1-2H3,(H,14,18)(H,16,17)/p-1/t10-,11+/m1/s1. The molecule has 1 heterocycles. The van der Waals surface area contributed by atoms with Crippen LogP contribution in [0.3, 0.4) is 0 Å². The zero-order chi connectivity index (χ0) is 13.5. The van der Waals surface area contributed by atoms with Crippen molar-refractivity contribution < 1.29 is 14.7 Å². The second-order valence-corrected chi connectivity index (χ2v) is 5.03. The van der Waals surface area contributed by atoms with Crippen molar-refractivity contribution in [2.45, 2.75) is 52.0 Å². The summed E-state index contributed by atoms with van der Waals surface area (Å²) in [6.45, 7) is 5.14. The van der Waals surface area contributed by atoms with Crippen LogP contribution in [-0.2, 0) is 4.79 Å². The largest absolute Gasteiger partial charge is 0.548 e. The van der Waals surface area contributed by atoms with Gasteiger partial charge in [0.2, 0.25) is 0 Å². The number of carboxylic acid groups (broad SMARTS) is 1. The molecule has 0 aromatic carbocycles. The zero-order valence-corrected chi connectivity index (χ0v) is 11.3. The molecule has 2 amide bonds. The molecule has 0 spiro atoms. The molecule has 0 aliphatic carbocycles. The fourth-order valence-corrected chi connectivity index (χ4v) is 2.17. The summed E-state index contributed by atoms with van der Waals surface area (Å²) in [6, 6.07) is -1.17. The number of amides is 2. The first kappa shape index (κ1) is 14.8. The molecule has 2 atom stereocenters. The van der Waals surface area contributed by atoms with Crippen molar-refractivity contribution in [2.24, 2.45) is 5.92 Å². The highest BCUT2D eigenvalue weighted by atomic mass is 16.4. The average Bonchev–Trinajstić information content (AvgIpc) is 2.63. The molecule has 18 heavy (non-hydrogen) atoms. The Bertz CT molecular complexity index is 286. The third-order valence-electron chi connectivity index (χ3n) is 3.64. The summed E-state index contributed by atoms with van der Waals surface area (Å²) in [6.07, 6.45) is 4.95. The average molecular weight is 255 g/mol. The molecular formula is C13H23N2O3-. The van der Waals surface area contributed by atoms with Gasteiger partial charge in [0.1, 0.15) is 0 Å². The Kier molecular flexibility index (Phi) is 5.95. The number of carbonyl (C=O) groups is 2. The third kappa shape index (κ3) is 4.20. The van der Waals surface area contributed by atoms with Crippen molar-refractivity contribution in [3.8, 4) is 0 Å². The molecule has 5 nitrogen and oxygen atoms in total. The number of carboxylic acids is 1. The maximum Gasteiger partial charge on any atom is 0.317 e. The molecule has 1 fully saturated rings. The van der Waals surface area contributed by atoms with Gasteiger partial charge < -0.3 is 20.1 Å². The van der Waals surface area contributed by atoms with E-state index in [1.165, 1.54) is 0 Å². The second kappa shape index (κ2) is 7.24. The first-order valence-corrected chi connectivity index (χ1v) is 6.82. The summed E-state index contributed by atoms with van der Waals surface area (Å²) in [5.74, 6) is -1.32. The van der Waals surface area contributed by atoms with E-state index in [1.807, 2.05) is 13.8 Å². The fraction of sp³-hybridized carbons (Fsp3) is 0.846. The van der Waals surface area contributed by atoms with E-state index in [9.17, 15) is 14.7 Å². The Morgan fingerprint density at radius 3 is 2.22 bits per heavy atom. The van der Waals surface area contributed by atoms with Gasteiger partial charge in [0, 0.05) is 13.1 Å². The molecule has 1 N–H and O–H groups in total. The molecule has 1 aliphatic heterocycles. The number of nitrogens with one attached hydrogen (secondary N) is 1. The van der Waals surface area contributed by atoms with Gasteiger partial charge in [-0.25, -0.2) is 4.79 Å². The number of hydrogen-bond acceptors (Lipinski definition) is 3. The van der Waals surface area contributed by atoms with Gasteiger partial charge in [0.25, 0.3) is 0 Å². The van der Waals surface area contributed by atoms with Gasteiger partial charge in [-0.15, -0.1) is 0 Å². The SMILES string of the molecule is CC[C@@H](C)[C@H](NC(=O)N1CCCCCC1)C(=O)[O-]. The molecule has 0 unspecified atom stereocenters. The topological polar surface area (TPSA) is 72.5 Å². The van der Waals surface area contributed by atoms with E-state index >= 15 is 0 Å². The van der Waals surface area contributed by atoms with Gasteiger partial charge in [-0.1, -0.05) is 33.1 Å². The molecule has 0 saturated carbocycles. The molecule has 1 aliphatic rings. The minimum absolute atomic E-state index is 0.120. The van der Waals surface area contributed by atoms with Crippen LogP contribution in [0.2, 0.25) is 0 Å². The van der Waals surface area contributed by atoms with E-state index in [2.05, 4.69) is 5.32 Å². The lowest BCUT2D eigenvalue weighted by atomic mass is 9.99. The zero-order valence-electron chi connectivity index (χ0n) is 11.3. The lowest BCUT2D eigenvalue weighted by Gasteiger charge is -2.29. The normalized spacial score (nSPS) is 19.8. The minimum atomic E-state index is -1.20. The maximum absolute atomic E-state index is 12.0. The van der Waals surface area contributed by atoms with Crippen molar-refractivity contribution >= 4 is 12.0 Å². The lowest BCUT2D eigenvalue weighted by Crippen LogP contribution is -2.54. The highest BCUT2D eigenvalue weighted by molar-refractivity contribution is 5.81. The van der Waals surface area contributed by atoms with E-state index in [4.69, 9.17) is 0 Å². The van der Waals surface area contributed by atoms with Crippen LogP contribution < -0.4 is 10.4 Å². The smallest absolute Gasteiger partial charge is 0.317 e. The molecule has 0 bridgehead atoms. The summed E-state index contributed by atoms with van der Waals surface area (Å²) in [5.41, 5.74) is 0. The Morgan fingerprint density at radius 1 is 1.22 bits per heavy atom. The third-order valence-corrected chi connectivity index (χ3v) is 3.64. The van der Waals surface area contributed by atoms with E-state index in [0.717, 1.165) is 25.7 Å². The number of urea groups is 1. The molecule has 1 saturated heterocycles. The first-order chi connectivity index (χ1) is 8.56. The number of carbonyl (C=O) groups excluding carboxylic acids is 2. The van der Waals surface area contributed by atoms with E-state index < -0.39 is 12.0 Å². The van der Waals surface area contributed by atoms with Crippen LogP contribution in [0.4, 0.5) is 4.79 Å². The van der Waals surface area contributed by atoms with Gasteiger partial charge in [-0.2, -0.15) is 0 Å². The van der Waals surface area contributed by atoms with Crippen LogP contribution in [0.5, 0.6) is 0 Å². The summed E-state index contributed by atoms with van der Waals surface area (Å²) in [4.78, 5) is 24.8. The predicted octanol–water partition coefficient (Wildman–Crippen LogP) is 0.737. The van der Waals surface area contributed by atoms with E-state index in [-0.39, 0.29) is 11.9 Å². The Balaban J connectivity index is 2.56. The highest BCUT2D eigenvalue weighted by Crippen LogP contribution is 2.11. The van der Waals surface area contributed by atoms with Crippen LogP contribution in [-0.4, -0.2) is 36.0 Å². The lowest BCUT2D eigenvalue weighted by molar-refractivity contribution is -0.309. The van der Waals surface area contributed by atoms with Gasteiger partial charge in [-0.05, 0) is 18.8 Å². The van der Waals surface area contributed by atoms with Crippen molar-refractivity contribution in [2.75, 3.05) is 13.1 Å². The predicted molar refractivity (Wildman–Crippen MR) is 66.8 cm³/mol. The summed E-state index contributed by atoms with van der Waals surface area (Å²) in [7, 11) is 0. The number of hydrogen-bond donors (Lipinski definition) is 1. The van der Waals surface area contributed by atoms with Crippen LogP contribution in [0.1, 0.15) is 46.0 Å². The molecule has 1 rings (SSSR count). The van der Waals surface area contributed by atoms with Crippen molar-refractivity contribution in [3.05, 3.63) is 0 Å². The Morgan fingerprint density at radius 2 is 1.78 bits per heavy atom. The molecular weight excluding hydrogens is 232 g/mol. The molecule has 104 valence electrons. The van der Waals surface area contributed by atoms with Crippen molar-refractivity contribution in [3.63, 3.8) is 0 Å². The van der Waals surface area contributed by atoms with Gasteiger partial charge in [0.05, 0.1) is 12.0 Å². The Labute approximate surface area is 109 Å². The summed E-state index contributed by atoms with van der Waals surface area (Å²) >= 11 is 0. The van der Waals surface area contributed by atoms with Crippen LogP contribution in [0, 0.1) is 5.92 Å². The highest BCUT2D eigenvalue weighted by Gasteiger charge is 2.23. The van der Waals surface area contributed by atoms with Crippen molar-refractivity contribution in [1.29, 1.82) is 0 Å². The van der Waals surface area contributed by atoms with E-state index in [1.54, 1.807) is 4.90 Å². The molecule has 0 aromatic heterocycles. The minimum Gasteiger partial charge on any atom is -0.548 e. The van der Waals surface area contributed by atoms with Gasteiger partial charge >= 0.3 is 6.03 Å². The monoisotopic (exact) mass is 255 g/mol. The van der Waals surface area contributed by atoms with Crippen LogP contribution in [0.15, 0.2) is 0 Å². The summed E-state index contributed by atoms with van der Waals surface area (Å²) in [5, 5.41) is 13.6. The quantitative estimate of drug-likeness (QED) is 0.805. The number of nitrogens with zero attached hydrogens (tertiary/aromatic N) is 1. The van der Waals surface area contributed by atoms with Crippen molar-refractivity contribution in [1.82, 2.24) is 10.2 Å². The van der Waals surface area contributed by atoms with E-state index in [0.29, 0.717) is 19.5 Å². The number of likely N-dealkylation sites (tertiary alicyclic amines) is 1. The molecule has 0 radical (unpaired) electrons. The second-order valence-electron chi connectivity index (χ2n) is 5.03. The van der Waals surface area contributed by atoms with Gasteiger partial charge in [0.15, 0.2) is 0 Å². The summed E-state index contributed by atoms with van der Waals surface area (Å²) < 4.78 is 0. The maximum atomic E-state index is 12.0. The fourth-order valence-electron chi connectivity index (χ4n) is 2.17. The number of rotatable bonds is 4. The van der Waals surface area contributed by atoms with Crippen LogP contribution in [0.25, 0.3) is 0 Å². The van der Waals surface area contributed by atoms with Crippen LogP contribution >= 0.6 is 0 Å². The first-order valence-electron chi connectivity index (χ1n) is 6.82. The van der Waals surface area contributed by atoms with Gasteiger partial charge in [-0.3, -0.25) is 0 Å².